The molecule has 0 spiro atoms. The molecule has 0 amide bonds. The fraction of sp³-hybridized carbons (Fsp3) is 0.500. The molecular formula is C2AgF3O2. The van der Waals surface area contributed by atoms with Crippen molar-refractivity contribution in [3.63, 3.8) is 0 Å². The Labute approximate surface area is 58.2 Å². The molecule has 0 saturated heterocycles. The summed E-state index contributed by atoms with van der Waals surface area (Å²) in [6.45, 7) is 0. The standard InChI is InChI=1S/C2HF3O2.Ag/c3-2(4,5)1(6)7;/h(H,6,7);/q;+1/p-1. The third kappa shape index (κ3) is 4.17. The molecule has 6 heteroatoms. The van der Waals surface area contributed by atoms with Gasteiger partial charge in [-0.05, 0) is 0 Å². The smallest absolute Gasteiger partial charge is 0.542 e. The Hall–Kier alpha value is 0.000260. The van der Waals surface area contributed by atoms with Gasteiger partial charge in [-0.3, -0.25) is 0 Å². The van der Waals surface area contributed by atoms with Crippen LogP contribution in [0.5, 0.6) is 0 Å². The number of carbonyl (C=O) groups is 1. The molecular weight excluding hydrogens is 221 g/mol. The van der Waals surface area contributed by atoms with Crippen molar-refractivity contribution in [1.82, 2.24) is 0 Å². The van der Waals surface area contributed by atoms with E-state index in [0.29, 0.717) is 0 Å². The minimum absolute atomic E-state index is 0. The summed E-state index contributed by atoms with van der Waals surface area (Å²) in [6.07, 6.45) is -5.19. The molecule has 0 unspecified atom stereocenters. The first-order chi connectivity index (χ1) is 2.94. The largest absolute Gasteiger partial charge is 1.00 e. The van der Waals surface area contributed by atoms with Gasteiger partial charge < -0.3 is 9.90 Å². The molecule has 52 valence electrons. The van der Waals surface area contributed by atoms with Crippen LogP contribution in [0.4, 0.5) is 13.2 Å². The molecule has 0 aliphatic rings. The monoisotopic (exact) mass is 220 g/mol. The fourth-order valence-corrected chi connectivity index (χ4v) is 0. The average Bonchev–Trinajstić information content (AvgIpc) is 1.31. The first kappa shape index (κ1) is 10.9. The molecule has 0 saturated carbocycles. The number of carboxylic acids is 1. The molecule has 0 N–H and O–H groups in total. The zero-order valence-corrected chi connectivity index (χ0v) is 4.73. The Morgan fingerprint density at radius 2 is 1.50 bits per heavy atom. The summed E-state index contributed by atoms with van der Waals surface area (Å²) in [5, 5.41) is 8.78. The van der Waals surface area contributed by atoms with E-state index in [1.165, 1.54) is 0 Å². The van der Waals surface area contributed by atoms with E-state index in [9.17, 15) is 13.2 Å². The van der Waals surface area contributed by atoms with Gasteiger partial charge in [0.05, 0.1) is 0 Å². The van der Waals surface area contributed by atoms with Crippen molar-refractivity contribution in [3.05, 3.63) is 0 Å². The predicted molar refractivity (Wildman–Crippen MR) is 11.1 cm³/mol. The molecule has 0 aromatic heterocycles. The molecule has 0 heterocycles. The second kappa shape index (κ2) is 3.11. The number of carboxylic acid groups (broad SMARTS) is 1. The van der Waals surface area contributed by atoms with Crippen LogP contribution in [-0.2, 0) is 27.2 Å². The van der Waals surface area contributed by atoms with Gasteiger partial charge in [0.25, 0.3) is 0 Å². The third-order valence-corrected chi connectivity index (χ3v) is 0.231. The molecule has 2 nitrogen and oxygen atoms in total. The van der Waals surface area contributed by atoms with Crippen LogP contribution in [0.25, 0.3) is 0 Å². The number of alkyl halides is 3. The summed E-state index contributed by atoms with van der Waals surface area (Å²) in [6, 6.07) is 0. The van der Waals surface area contributed by atoms with Gasteiger partial charge in [0, 0.05) is 0 Å². The maximum atomic E-state index is 10.5. The number of halogens is 3. The van der Waals surface area contributed by atoms with E-state index < -0.39 is 12.1 Å². The maximum absolute atomic E-state index is 10.5. The SMILES string of the molecule is O=C([O-])C(F)(F)F.[Ag+]. The zero-order chi connectivity index (χ0) is 6.08. The van der Waals surface area contributed by atoms with Gasteiger partial charge in [0.2, 0.25) is 0 Å². The van der Waals surface area contributed by atoms with Crippen LogP contribution in [0.1, 0.15) is 0 Å². The molecule has 0 rings (SSSR count). The van der Waals surface area contributed by atoms with Crippen molar-refractivity contribution in [2.45, 2.75) is 6.18 Å². The summed E-state index contributed by atoms with van der Waals surface area (Å²) in [5.74, 6) is -3.01. The molecule has 0 bridgehead atoms. The molecule has 8 heavy (non-hydrogen) atoms. The molecule has 0 radical (unpaired) electrons. The third-order valence-electron chi connectivity index (χ3n) is 0.231. The second-order valence-electron chi connectivity index (χ2n) is 0.785. The van der Waals surface area contributed by atoms with E-state index in [4.69, 9.17) is 9.90 Å². The van der Waals surface area contributed by atoms with Crippen molar-refractivity contribution >= 4 is 5.97 Å². The van der Waals surface area contributed by atoms with Crippen LogP contribution in [0.15, 0.2) is 0 Å². The van der Waals surface area contributed by atoms with Gasteiger partial charge in [-0.2, -0.15) is 13.2 Å². The van der Waals surface area contributed by atoms with Crippen molar-refractivity contribution in [2.24, 2.45) is 0 Å². The van der Waals surface area contributed by atoms with Crippen molar-refractivity contribution < 1.29 is 45.5 Å². The van der Waals surface area contributed by atoms with E-state index in [-0.39, 0.29) is 22.4 Å². The van der Waals surface area contributed by atoms with Crippen LogP contribution in [0.3, 0.4) is 0 Å². The van der Waals surface area contributed by atoms with Crippen molar-refractivity contribution in [3.8, 4) is 0 Å². The Morgan fingerprint density at radius 1 is 1.38 bits per heavy atom. The molecule has 0 aromatic rings. The van der Waals surface area contributed by atoms with Gasteiger partial charge in [0.15, 0.2) is 0 Å². The van der Waals surface area contributed by atoms with Crippen LogP contribution in [0, 0.1) is 0 Å². The number of hydrogen-bond donors (Lipinski definition) is 0. The molecule has 0 aliphatic heterocycles. The second-order valence-corrected chi connectivity index (χ2v) is 0.785. The van der Waals surface area contributed by atoms with Gasteiger partial charge in [-0.25, -0.2) is 0 Å². The van der Waals surface area contributed by atoms with Crippen molar-refractivity contribution in [1.29, 1.82) is 0 Å². The van der Waals surface area contributed by atoms with Gasteiger partial charge in [-0.1, -0.05) is 0 Å². The number of aliphatic carboxylic acids is 1. The summed E-state index contributed by atoms with van der Waals surface area (Å²) in [7, 11) is 0. The number of rotatable bonds is 0. The number of hydrogen-bond acceptors (Lipinski definition) is 2. The summed E-state index contributed by atoms with van der Waals surface area (Å²) in [4.78, 5) is 8.78. The Kier molecular flexibility index (Phi) is 4.23. The first-order valence-corrected chi connectivity index (χ1v) is 1.23. The minimum atomic E-state index is -5.19. The molecule has 0 aliphatic carbocycles. The molecule has 0 atom stereocenters. The van der Waals surface area contributed by atoms with Crippen LogP contribution in [-0.4, -0.2) is 12.1 Å². The van der Waals surface area contributed by atoms with Gasteiger partial charge >= 0.3 is 28.6 Å². The zero-order valence-electron chi connectivity index (χ0n) is 3.25. The quantitative estimate of drug-likeness (QED) is 0.507. The Balaban J connectivity index is 0. The predicted octanol–water partition coefficient (Wildman–Crippen LogP) is -0.704. The van der Waals surface area contributed by atoms with E-state index in [0.717, 1.165) is 0 Å². The van der Waals surface area contributed by atoms with E-state index in [1.54, 1.807) is 0 Å². The average molecular weight is 221 g/mol. The summed E-state index contributed by atoms with van der Waals surface area (Å²) >= 11 is 0. The van der Waals surface area contributed by atoms with Gasteiger partial charge in [0.1, 0.15) is 5.97 Å². The van der Waals surface area contributed by atoms with E-state index in [2.05, 4.69) is 0 Å². The fourth-order valence-electron chi connectivity index (χ4n) is 0. The molecule has 0 aromatic carbocycles. The molecule has 0 fully saturated rings. The maximum Gasteiger partial charge on any atom is 1.00 e. The topological polar surface area (TPSA) is 40.1 Å². The van der Waals surface area contributed by atoms with E-state index in [1.807, 2.05) is 0 Å². The van der Waals surface area contributed by atoms with Crippen molar-refractivity contribution in [2.75, 3.05) is 0 Å². The normalized spacial score (nSPS) is 9.88. The van der Waals surface area contributed by atoms with Crippen LogP contribution < -0.4 is 5.11 Å². The van der Waals surface area contributed by atoms with Crippen LogP contribution in [0.2, 0.25) is 0 Å². The minimum Gasteiger partial charge on any atom is -0.542 e. The summed E-state index contributed by atoms with van der Waals surface area (Å²) in [5.41, 5.74) is 0. The van der Waals surface area contributed by atoms with Gasteiger partial charge in [-0.15, -0.1) is 0 Å². The Morgan fingerprint density at radius 3 is 1.50 bits per heavy atom. The number of carbonyl (C=O) groups excluding carboxylic acids is 1. The Bertz CT molecular complexity index is 87.8. The summed E-state index contributed by atoms with van der Waals surface area (Å²) < 4.78 is 31.5. The van der Waals surface area contributed by atoms with E-state index >= 15 is 0 Å². The van der Waals surface area contributed by atoms with Crippen LogP contribution >= 0.6 is 0 Å². The first-order valence-electron chi connectivity index (χ1n) is 1.23.